The summed E-state index contributed by atoms with van der Waals surface area (Å²) >= 11 is 7.33. The first-order valence-corrected chi connectivity index (χ1v) is 8.47. The van der Waals surface area contributed by atoms with E-state index in [1.54, 1.807) is 17.8 Å². The van der Waals surface area contributed by atoms with Crippen molar-refractivity contribution in [1.82, 2.24) is 9.71 Å². The molecular weight excluding hydrogens is 320 g/mol. The Morgan fingerprint density at radius 3 is 2.90 bits per heavy atom. The molecule has 1 aromatic heterocycles. The predicted molar refractivity (Wildman–Crippen MR) is 79.0 cm³/mol. The number of rotatable bonds is 6. The van der Waals surface area contributed by atoms with Crippen LogP contribution in [0.3, 0.4) is 0 Å². The SMILES string of the molecule is COc1ccc(Cl)cc1S(=O)(=O)NCCc1cncs1. The summed E-state index contributed by atoms with van der Waals surface area (Å²) in [6.45, 7) is 0.292. The minimum absolute atomic E-state index is 0.0387. The molecule has 0 aliphatic carbocycles. The Bertz CT molecular complexity index is 672. The lowest BCUT2D eigenvalue weighted by Crippen LogP contribution is -2.26. The van der Waals surface area contributed by atoms with Crippen molar-refractivity contribution in [3.05, 3.63) is 39.8 Å². The van der Waals surface area contributed by atoms with Crippen molar-refractivity contribution < 1.29 is 13.2 Å². The van der Waals surface area contributed by atoms with Crippen molar-refractivity contribution in [1.29, 1.82) is 0 Å². The number of halogens is 1. The summed E-state index contributed by atoms with van der Waals surface area (Å²) in [5, 5.41) is 0.341. The first kappa shape index (κ1) is 15.2. The van der Waals surface area contributed by atoms with Crippen molar-refractivity contribution in [2.45, 2.75) is 11.3 Å². The van der Waals surface area contributed by atoms with Gasteiger partial charge < -0.3 is 4.74 Å². The molecular formula is C12H13ClN2O3S2. The number of methoxy groups -OCH3 is 1. The van der Waals surface area contributed by atoms with Crippen molar-refractivity contribution >= 4 is 33.0 Å². The minimum Gasteiger partial charge on any atom is -0.495 e. The molecule has 0 saturated carbocycles. The van der Waals surface area contributed by atoms with Crippen LogP contribution in [0.25, 0.3) is 0 Å². The summed E-state index contributed by atoms with van der Waals surface area (Å²) < 4.78 is 32.0. The summed E-state index contributed by atoms with van der Waals surface area (Å²) in [6, 6.07) is 4.48. The first-order valence-electron chi connectivity index (χ1n) is 5.73. The molecule has 0 amide bonds. The summed E-state index contributed by atoms with van der Waals surface area (Å²) in [5.41, 5.74) is 1.71. The number of benzene rings is 1. The fourth-order valence-corrected chi connectivity index (χ4v) is 3.67. The van der Waals surface area contributed by atoms with Crippen LogP contribution in [0.5, 0.6) is 5.75 Å². The van der Waals surface area contributed by atoms with Crippen molar-refractivity contribution in [2.75, 3.05) is 13.7 Å². The lowest BCUT2D eigenvalue weighted by molar-refractivity contribution is 0.402. The average molecular weight is 333 g/mol. The summed E-state index contributed by atoms with van der Waals surface area (Å²) in [7, 11) is -2.24. The highest BCUT2D eigenvalue weighted by atomic mass is 35.5. The predicted octanol–water partition coefficient (Wildman–Crippen LogP) is 2.33. The number of aromatic nitrogens is 1. The molecule has 0 fully saturated rings. The van der Waals surface area contributed by atoms with Gasteiger partial charge >= 0.3 is 0 Å². The number of hydrogen-bond acceptors (Lipinski definition) is 5. The van der Waals surface area contributed by atoms with Gasteiger partial charge in [0.1, 0.15) is 10.6 Å². The molecule has 0 aliphatic rings. The van der Waals surface area contributed by atoms with E-state index in [1.807, 2.05) is 0 Å². The zero-order valence-corrected chi connectivity index (χ0v) is 13.1. The number of ether oxygens (including phenoxy) is 1. The summed E-state index contributed by atoms with van der Waals surface area (Å²) in [6.07, 6.45) is 2.31. The molecule has 108 valence electrons. The van der Waals surface area contributed by atoms with Crippen LogP contribution < -0.4 is 9.46 Å². The Morgan fingerprint density at radius 2 is 2.25 bits per heavy atom. The number of sulfonamides is 1. The Hall–Kier alpha value is -1.15. The van der Waals surface area contributed by atoms with Crippen LogP contribution in [0.1, 0.15) is 4.88 Å². The standard InChI is InChI=1S/C12H13ClN2O3S2/c1-18-11-3-2-9(13)6-12(11)20(16,17)15-5-4-10-7-14-8-19-10/h2-3,6-8,15H,4-5H2,1H3. The Labute approximate surface area is 126 Å². The fourth-order valence-electron chi connectivity index (χ4n) is 1.61. The van der Waals surface area contributed by atoms with Crippen LogP contribution in [0, 0.1) is 0 Å². The molecule has 0 spiro atoms. The van der Waals surface area contributed by atoms with E-state index in [0.717, 1.165) is 4.88 Å². The normalized spacial score (nSPS) is 11.5. The third-order valence-corrected chi connectivity index (χ3v) is 5.12. The fraction of sp³-hybridized carbons (Fsp3) is 0.250. The molecule has 1 heterocycles. The van der Waals surface area contributed by atoms with Gasteiger partial charge in [-0.1, -0.05) is 11.6 Å². The van der Waals surface area contributed by atoms with E-state index in [0.29, 0.717) is 18.0 Å². The lowest BCUT2D eigenvalue weighted by atomic mass is 10.3. The van der Waals surface area contributed by atoms with E-state index in [4.69, 9.17) is 16.3 Å². The quantitative estimate of drug-likeness (QED) is 0.881. The highest BCUT2D eigenvalue weighted by Gasteiger charge is 2.19. The lowest BCUT2D eigenvalue weighted by Gasteiger charge is -2.10. The molecule has 0 atom stereocenters. The number of nitrogens with zero attached hydrogens (tertiary/aromatic N) is 1. The van der Waals surface area contributed by atoms with Crippen LogP contribution >= 0.6 is 22.9 Å². The molecule has 2 aromatic rings. The Morgan fingerprint density at radius 1 is 1.45 bits per heavy atom. The van der Waals surface area contributed by atoms with E-state index in [9.17, 15) is 8.42 Å². The maximum absolute atomic E-state index is 12.2. The third kappa shape index (κ3) is 3.69. The second-order valence-electron chi connectivity index (χ2n) is 3.91. The highest BCUT2D eigenvalue weighted by molar-refractivity contribution is 7.89. The van der Waals surface area contributed by atoms with Crippen molar-refractivity contribution in [2.24, 2.45) is 0 Å². The van der Waals surface area contributed by atoms with Crippen LogP contribution in [0.4, 0.5) is 0 Å². The molecule has 0 aliphatic heterocycles. The zero-order chi connectivity index (χ0) is 14.6. The number of thiazole rings is 1. The topological polar surface area (TPSA) is 68.3 Å². The van der Waals surface area contributed by atoms with Gasteiger partial charge in [0, 0.05) is 22.6 Å². The monoisotopic (exact) mass is 332 g/mol. The van der Waals surface area contributed by atoms with Gasteiger partial charge in [0.25, 0.3) is 0 Å². The molecule has 0 saturated heterocycles. The minimum atomic E-state index is -3.65. The van der Waals surface area contributed by atoms with E-state index in [-0.39, 0.29) is 10.6 Å². The van der Waals surface area contributed by atoms with Crippen molar-refractivity contribution in [3.63, 3.8) is 0 Å². The highest BCUT2D eigenvalue weighted by Crippen LogP contribution is 2.26. The van der Waals surface area contributed by atoms with Gasteiger partial charge in [-0.15, -0.1) is 11.3 Å². The first-order chi connectivity index (χ1) is 9.53. The largest absolute Gasteiger partial charge is 0.495 e. The number of hydrogen-bond donors (Lipinski definition) is 1. The molecule has 2 rings (SSSR count). The van der Waals surface area contributed by atoms with Crippen LogP contribution in [-0.2, 0) is 16.4 Å². The molecule has 0 bridgehead atoms. The van der Waals surface area contributed by atoms with Gasteiger partial charge in [-0.25, -0.2) is 13.1 Å². The molecule has 1 aromatic carbocycles. The van der Waals surface area contributed by atoms with Crippen LogP contribution in [-0.4, -0.2) is 27.1 Å². The van der Waals surface area contributed by atoms with Crippen molar-refractivity contribution in [3.8, 4) is 5.75 Å². The van der Waals surface area contributed by atoms with Gasteiger partial charge in [0.05, 0.1) is 12.6 Å². The average Bonchev–Trinajstić information content (AvgIpc) is 2.91. The maximum Gasteiger partial charge on any atom is 0.244 e. The van der Waals surface area contributed by atoms with E-state index >= 15 is 0 Å². The van der Waals surface area contributed by atoms with Gasteiger partial charge in [-0.05, 0) is 24.6 Å². The molecule has 5 nitrogen and oxygen atoms in total. The van der Waals surface area contributed by atoms with E-state index < -0.39 is 10.0 Å². The molecule has 8 heteroatoms. The van der Waals surface area contributed by atoms with E-state index in [1.165, 1.54) is 30.6 Å². The number of nitrogens with one attached hydrogen (secondary N) is 1. The van der Waals surface area contributed by atoms with Gasteiger partial charge in [0.15, 0.2) is 0 Å². The van der Waals surface area contributed by atoms with Gasteiger partial charge in [0.2, 0.25) is 10.0 Å². The summed E-state index contributed by atoms with van der Waals surface area (Å²) in [4.78, 5) is 5.00. The van der Waals surface area contributed by atoms with Gasteiger partial charge in [-0.2, -0.15) is 0 Å². The van der Waals surface area contributed by atoms with Crippen LogP contribution in [0.2, 0.25) is 5.02 Å². The second kappa shape index (κ2) is 6.53. The second-order valence-corrected chi connectivity index (χ2v) is 7.05. The molecule has 0 radical (unpaired) electrons. The Kier molecular flexibility index (Phi) is 4.98. The van der Waals surface area contributed by atoms with E-state index in [2.05, 4.69) is 9.71 Å². The Balaban J connectivity index is 2.11. The summed E-state index contributed by atoms with van der Waals surface area (Å²) in [5.74, 6) is 0.264. The maximum atomic E-state index is 12.2. The smallest absolute Gasteiger partial charge is 0.244 e. The molecule has 20 heavy (non-hydrogen) atoms. The van der Waals surface area contributed by atoms with Gasteiger partial charge in [-0.3, -0.25) is 4.98 Å². The third-order valence-electron chi connectivity index (χ3n) is 2.56. The van der Waals surface area contributed by atoms with Crippen LogP contribution in [0.15, 0.2) is 34.8 Å². The zero-order valence-electron chi connectivity index (χ0n) is 10.7. The molecule has 0 unspecified atom stereocenters. The molecule has 1 N–H and O–H groups in total.